The molecular formula is C19H13F2N5OS2. The first-order valence-electron chi connectivity index (χ1n) is 8.39. The van der Waals surface area contributed by atoms with Crippen molar-refractivity contribution >= 4 is 34.1 Å². The van der Waals surface area contributed by atoms with Crippen LogP contribution in [0, 0.1) is 11.6 Å². The first-order chi connectivity index (χ1) is 14.1. The standard InChI is InChI=1S/C19H13F2N5OS2/c20-12-6-7-15(21)14(8-12)16-9-28-18(23-16)24-17(27)10-29-19-25-22-11-26(19)13-4-2-1-3-5-13/h1-9,11H,10H2,(H,23,24,27). The molecular weight excluding hydrogens is 416 g/mol. The number of carbonyl (C=O) groups excluding carboxylic acids is 1. The molecule has 29 heavy (non-hydrogen) atoms. The van der Waals surface area contributed by atoms with E-state index in [1.165, 1.54) is 11.8 Å². The second-order valence-electron chi connectivity index (χ2n) is 5.82. The molecule has 0 unspecified atom stereocenters. The average Bonchev–Trinajstić information content (AvgIpc) is 3.38. The summed E-state index contributed by atoms with van der Waals surface area (Å²) in [6, 6.07) is 12.7. The van der Waals surface area contributed by atoms with E-state index in [2.05, 4.69) is 20.5 Å². The molecule has 2 aromatic carbocycles. The topological polar surface area (TPSA) is 72.7 Å². The second-order valence-corrected chi connectivity index (χ2v) is 7.62. The minimum absolute atomic E-state index is 0.0482. The molecule has 0 radical (unpaired) electrons. The van der Waals surface area contributed by atoms with Crippen molar-refractivity contribution in [1.29, 1.82) is 0 Å². The van der Waals surface area contributed by atoms with Crippen molar-refractivity contribution in [3.8, 4) is 16.9 Å². The van der Waals surface area contributed by atoms with Crippen LogP contribution in [0.3, 0.4) is 0 Å². The van der Waals surface area contributed by atoms with Crippen LogP contribution < -0.4 is 5.32 Å². The summed E-state index contributed by atoms with van der Waals surface area (Å²) < 4.78 is 29.0. The van der Waals surface area contributed by atoms with Crippen LogP contribution in [0.1, 0.15) is 0 Å². The number of hydrogen-bond acceptors (Lipinski definition) is 6. The Morgan fingerprint density at radius 3 is 2.83 bits per heavy atom. The highest BCUT2D eigenvalue weighted by molar-refractivity contribution is 7.99. The Bertz CT molecular complexity index is 1150. The fourth-order valence-electron chi connectivity index (χ4n) is 2.52. The van der Waals surface area contributed by atoms with E-state index in [9.17, 15) is 13.6 Å². The number of rotatable bonds is 6. The molecule has 1 amide bonds. The number of nitrogens with one attached hydrogen (secondary N) is 1. The lowest BCUT2D eigenvalue weighted by Crippen LogP contribution is -2.14. The van der Waals surface area contributed by atoms with Gasteiger partial charge in [-0.1, -0.05) is 30.0 Å². The van der Waals surface area contributed by atoms with Crippen LogP contribution in [0.2, 0.25) is 0 Å². The molecule has 1 N–H and O–H groups in total. The normalized spacial score (nSPS) is 10.8. The second kappa shape index (κ2) is 8.50. The number of halogens is 2. The van der Waals surface area contributed by atoms with Crippen molar-refractivity contribution in [2.45, 2.75) is 5.16 Å². The molecule has 4 rings (SSSR count). The Hall–Kier alpha value is -3.11. The molecule has 0 saturated heterocycles. The lowest BCUT2D eigenvalue weighted by atomic mass is 10.1. The van der Waals surface area contributed by atoms with Crippen LogP contribution in [0.25, 0.3) is 16.9 Å². The van der Waals surface area contributed by atoms with Crippen molar-refractivity contribution in [3.05, 3.63) is 71.9 Å². The third-order valence-electron chi connectivity index (χ3n) is 3.84. The van der Waals surface area contributed by atoms with Crippen LogP contribution in [0.5, 0.6) is 0 Å². The van der Waals surface area contributed by atoms with E-state index in [1.54, 1.807) is 16.3 Å². The first kappa shape index (κ1) is 19.2. The fraction of sp³-hybridized carbons (Fsp3) is 0.0526. The number of thioether (sulfide) groups is 1. The minimum Gasteiger partial charge on any atom is -0.301 e. The van der Waals surface area contributed by atoms with Crippen molar-refractivity contribution in [1.82, 2.24) is 19.7 Å². The quantitative estimate of drug-likeness (QED) is 0.460. The van der Waals surface area contributed by atoms with E-state index in [0.29, 0.717) is 10.3 Å². The first-order valence-corrected chi connectivity index (χ1v) is 10.3. The van der Waals surface area contributed by atoms with Gasteiger partial charge in [-0.25, -0.2) is 13.8 Å². The summed E-state index contributed by atoms with van der Waals surface area (Å²) in [6.07, 6.45) is 1.58. The van der Waals surface area contributed by atoms with Crippen molar-refractivity contribution in [2.24, 2.45) is 0 Å². The summed E-state index contributed by atoms with van der Waals surface area (Å²) in [5.74, 6) is -1.34. The molecule has 0 aliphatic heterocycles. The van der Waals surface area contributed by atoms with Gasteiger partial charge in [-0.15, -0.1) is 21.5 Å². The number of nitrogens with zero attached hydrogens (tertiary/aromatic N) is 4. The predicted octanol–water partition coefficient (Wildman–Crippen LogP) is 4.40. The van der Waals surface area contributed by atoms with Gasteiger partial charge < -0.3 is 5.32 Å². The van der Waals surface area contributed by atoms with Gasteiger partial charge in [0.1, 0.15) is 18.0 Å². The maximum Gasteiger partial charge on any atom is 0.236 e. The number of benzene rings is 2. The summed E-state index contributed by atoms with van der Waals surface area (Å²) >= 11 is 2.36. The highest BCUT2D eigenvalue weighted by Crippen LogP contribution is 2.28. The Morgan fingerprint density at radius 2 is 2.00 bits per heavy atom. The molecule has 146 valence electrons. The van der Waals surface area contributed by atoms with Gasteiger partial charge in [0, 0.05) is 16.6 Å². The van der Waals surface area contributed by atoms with Crippen LogP contribution >= 0.6 is 23.1 Å². The van der Waals surface area contributed by atoms with Crippen molar-refractivity contribution in [3.63, 3.8) is 0 Å². The average molecular weight is 429 g/mol. The number of para-hydroxylation sites is 1. The van der Waals surface area contributed by atoms with Crippen LogP contribution in [0.4, 0.5) is 13.9 Å². The zero-order valence-electron chi connectivity index (χ0n) is 14.8. The maximum absolute atomic E-state index is 13.9. The molecule has 0 aliphatic rings. The summed E-state index contributed by atoms with van der Waals surface area (Å²) in [6.45, 7) is 0. The smallest absolute Gasteiger partial charge is 0.236 e. The van der Waals surface area contributed by atoms with Gasteiger partial charge in [-0.05, 0) is 30.3 Å². The largest absolute Gasteiger partial charge is 0.301 e. The van der Waals surface area contributed by atoms with Crippen molar-refractivity contribution < 1.29 is 13.6 Å². The molecule has 0 atom stereocenters. The van der Waals surface area contributed by atoms with Gasteiger partial charge in [0.15, 0.2) is 10.3 Å². The molecule has 0 saturated carbocycles. The number of aromatic nitrogens is 4. The molecule has 0 fully saturated rings. The third kappa shape index (κ3) is 4.49. The summed E-state index contributed by atoms with van der Waals surface area (Å²) in [5, 5.41) is 13.0. The molecule has 0 spiro atoms. The highest BCUT2D eigenvalue weighted by Gasteiger charge is 2.14. The van der Waals surface area contributed by atoms with E-state index in [4.69, 9.17) is 0 Å². The molecule has 0 bridgehead atoms. The Kier molecular flexibility index (Phi) is 5.63. The fourth-order valence-corrected chi connectivity index (χ4v) is 3.98. The lowest BCUT2D eigenvalue weighted by Gasteiger charge is -2.05. The molecule has 2 aromatic heterocycles. The van der Waals surface area contributed by atoms with Gasteiger partial charge in [-0.2, -0.15) is 0 Å². The van der Waals surface area contributed by atoms with Crippen LogP contribution in [-0.4, -0.2) is 31.4 Å². The Balaban J connectivity index is 1.40. The number of thiazole rings is 1. The van der Waals surface area contributed by atoms with E-state index in [1.807, 2.05) is 30.3 Å². The molecule has 10 heteroatoms. The lowest BCUT2D eigenvalue weighted by molar-refractivity contribution is -0.113. The Labute approximate surface area is 172 Å². The van der Waals surface area contributed by atoms with Crippen LogP contribution in [-0.2, 0) is 4.79 Å². The van der Waals surface area contributed by atoms with Gasteiger partial charge >= 0.3 is 0 Å². The number of carbonyl (C=O) groups is 1. The Morgan fingerprint density at radius 1 is 1.17 bits per heavy atom. The van der Waals surface area contributed by atoms with Gasteiger partial charge in [0.25, 0.3) is 0 Å². The van der Waals surface area contributed by atoms with E-state index >= 15 is 0 Å². The van der Waals surface area contributed by atoms with Gasteiger partial charge in [0.2, 0.25) is 5.91 Å². The molecule has 4 aromatic rings. The minimum atomic E-state index is -0.578. The van der Waals surface area contributed by atoms with Gasteiger partial charge in [0.05, 0.1) is 11.4 Å². The van der Waals surface area contributed by atoms with E-state index < -0.39 is 11.6 Å². The SMILES string of the molecule is O=C(CSc1nncn1-c1ccccc1)Nc1nc(-c2cc(F)ccc2F)cs1. The summed E-state index contributed by atoms with van der Waals surface area (Å²) in [4.78, 5) is 16.4. The third-order valence-corrected chi connectivity index (χ3v) is 5.54. The van der Waals surface area contributed by atoms with Crippen LogP contribution in [0.15, 0.2) is 65.4 Å². The summed E-state index contributed by atoms with van der Waals surface area (Å²) in [7, 11) is 0. The number of amides is 1. The molecule has 0 aliphatic carbocycles. The monoisotopic (exact) mass is 429 g/mol. The van der Waals surface area contributed by atoms with E-state index in [0.717, 1.165) is 35.2 Å². The summed E-state index contributed by atoms with van der Waals surface area (Å²) in [5.41, 5.74) is 1.20. The zero-order valence-corrected chi connectivity index (χ0v) is 16.4. The van der Waals surface area contributed by atoms with Gasteiger partial charge in [-0.3, -0.25) is 9.36 Å². The molecule has 2 heterocycles. The number of hydrogen-bond donors (Lipinski definition) is 1. The molecule has 6 nitrogen and oxygen atoms in total. The maximum atomic E-state index is 13.9. The highest BCUT2D eigenvalue weighted by atomic mass is 32.2. The van der Waals surface area contributed by atoms with Crippen molar-refractivity contribution in [2.75, 3.05) is 11.1 Å². The zero-order chi connectivity index (χ0) is 20.2. The number of anilines is 1. The van der Waals surface area contributed by atoms with E-state index in [-0.39, 0.29) is 22.9 Å². The predicted molar refractivity (Wildman–Crippen MR) is 108 cm³/mol.